The molecule has 0 aliphatic rings. The summed E-state index contributed by atoms with van der Waals surface area (Å²) < 4.78 is 1.80. The van der Waals surface area contributed by atoms with Gasteiger partial charge in [-0.3, -0.25) is 4.68 Å². The van der Waals surface area contributed by atoms with Crippen molar-refractivity contribution in [1.29, 1.82) is 0 Å². The van der Waals surface area contributed by atoms with Crippen LogP contribution in [0.4, 0.5) is 0 Å². The van der Waals surface area contributed by atoms with E-state index in [2.05, 4.69) is 10.1 Å². The molecule has 0 aromatic carbocycles. The topological polar surface area (TPSA) is 56.7 Å². The Hall–Kier alpha value is -1.20. The van der Waals surface area contributed by atoms with Crippen LogP contribution in [0.2, 0.25) is 0 Å². The fourth-order valence-corrected chi connectivity index (χ4v) is 2.07. The Morgan fingerprint density at radius 1 is 1.57 bits per heavy atom. The summed E-state index contributed by atoms with van der Waals surface area (Å²) in [6.07, 6.45) is 4.34. The molecule has 0 fully saturated rings. The number of hydrogen-bond donors (Lipinski definition) is 1. The van der Waals surface area contributed by atoms with Gasteiger partial charge in [-0.05, 0) is 6.07 Å². The van der Waals surface area contributed by atoms with E-state index in [1.165, 1.54) is 0 Å². The van der Waals surface area contributed by atoms with Crippen LogP contribution < -0.4 is 5.73 Å². The van der Waals surface area contributed by atoms with E-state index in [0.29, 0.717) is 0 Å². The minimum atomic E-state index is -0.0198. The molecule has 0 radical (unpaired) electrons. The van der Waals surface area contributed by atoms with Crippen LogP contribution >= 0.6 is 11.3 Å². The summed E-state index contributed by atoms with van der Waals surface area (Å²) in [6.45, 7) is 0. The number of thiazole rings is 1. The number of rotatable bonds is 3. The number of nitrogens with two attached hydrogens (primary N) is 1. The number of aromatic nitrogens is 3. The predicted molar refractivity (Wildman–Crippen MR) is 56.0 cm³/mol. The second-order valence-electron chi connectivity index (χ2n) is 3.12. The third-order valence-corrected chi connectivity index (χ3v) is 2.92. The van der Waals surface area contributed by atoms with E-state index in [9.17, 15) is 0 Å². The molecule has 2 heterocycles. The van der Waals surface area contributed by atoms with Gasteiger partial charge in [-0.1, -0.05) is 0 Å². The lowest BCUT2D eigenvalue weighted by Gasteiger charge is -2.09. The van der Waals surface area contributed by atoms with E-state index in [4.69, 9.17) is 5.73 Å². The summed E-state index contributed by atoms with van der Waals surface area (Å²) in [6, 6.07) is 1.92. The molecule has 0 saturated heterocycles. The summed E-state index contributed by atoms with van der Waals surface area (Å²) in [5.74, 6) is 0. The van der Waals surface area contributed by atoms with Crippen molar-refractivity contribution in [3.63, 3.8) is 0 Å². The van der Waals surface area contributed by atoms with E-state index >= 15 is 0 Å². The van der Waals surface area contributed by atoms with E-state index in [1.807, 2.05) is 18.5 Å². The number of nitrogens with zero attached hydrogens (tertiary/aromatic N) is 3. The van der Waals surface area contributed by atoms with Gasteiger partial charge in [0.15, 0.2) is 0 Å². The molecule has 4 nitrogen and oxygen atoms in total. The van der Waals surface area contributed by atoms with Gasteiger partial charge in [0, 0.05) is 31.2 Å². The van der Waals surface area contributed by atoms with Gasteiger partial charge in [0.2, 0.25) is 0 Å². The van der Waals surface area contributed by atoms with E-state index < -0.39 is 0 Å². The molecule has 14 heavy (non-hydrogen) atoms. The van der Waals surface area contributed by atoms with Crippen molar-refractivity contribution in [2.45, 2.75) is 12.5 Å². The minimum Gasteiger partial charge on any atom is -0.322 e. The lowest BCUT2D eigenvalue weighted by Crippen LogP contribution is -2.16. The van der Waals surface area contributed by atoms with Gasteiger partial charge in [-0.15, -0.1) is 11.3 Å². The van der Waals surface area contributed by atoms with Gasteiger partial charge in [-0.2, -0.15) is 5.10 Å². The van der Waals surface area contributed by atoms with Gasteiger partial charge in [0.1, 0.15) is 0 Å². The maximum absolute atomic E-state index is 6.04. The Morgan fingerprint density at radius 3 is 3.00 bits per heavy atom. The molecule has 74 valence electrons. The van der Waals surface area contributed by atoms with Gasteiger partial charge in [0.25, 0.3) is 0 Å². The van der Waals surface area contributed by atoms with Crippen LogP contribution in [-0.2, 0) is 13.5 Å². The van der Waals surface area contributed by atoms with E-state index in [0.717, 1.165) is 17.1 Å². The van der Waals surface area contributed by atoms with Gasteiger partial charge < -0.3 is 5.73 Å². The van der Waals surface area contributed by atoms with Crippen LogP contribution in [0.5, 0.6) is 0 Å². The average Bonchev–Trinajstić information content (AvgIpc) is 2.75. The SMILES string of the molecule is Cn1nccc1C(N)Cc1nccs1. The molecule has 0 aliphatic heterocycles. The fraction of sp³-hybridized carbons (Fsp3) is 0.333. The summed E-state index contributed by atoms with van der Waals surface area (Å²) in [5, 5.41) is 7.12. The maximum atomic E-state index is 6.04. The summed E-state index contributed by atoms with van der Waals surface area (Å²) >= 11 is 1.63. The standard InChI is InChI=1S/C9H12N4S/c1-13-8(2-3-12-13)7(10)6-9-11-4-5-14-9/h2-5,7H,6,10H2,1H3. The van der Waals surface area contributed by atoms with Crippen LogP contribution in [0, 0.1) is 0 Å². The lowest BCUT2D eigenvalue weighted by atomic mass is 10.1. The predicted octanol–water partition coefficient (Wildman–Crippen LogP) is 1.12. The Kier molecular flexibility index (Phi) is 2.60. The Morgan fingerprint density at radius 2 is 2.43 bits per heavy atom. The summed E-state index contributed by atoms with van der Waals surface area (Å²) in [4.78, 5) is 4.20. The highest BCUT2D eigenvalue weighted by atomic mass is 32.1. The van der Waals surface area contributed by atoms with Gasteiger partial charge >= 0.3 is 0 Å². The molecular weight excluding hydrogens is 196 g/mol. The Balaban J connectivity index is 2.10. The van der Waals surface area contributed by atoms with E-state index in [1.54, 1.807) is 28.4 Å². The van der Waals surface area contributed by atoms with Crippen molar-refractivity contribution < 1.29 is 0 Å². The molecule has 1 atom stereocenters. The molecule has 5 heteroatoms. The van der Waals surface area contributed by atoms with Crippen molar-refractivity contribution in [1.82, 2.24) is 14.8 Å². The van der Waals surface area contributed by atoms with Crippen LogP contribution in [0.3, 0.4) is 0 Å². The van der Waals surface area contributed by atoms with Crippen molar-refractivity contribution in [2.75, 3.05) is 0 Å². The van der Waals surface area contributed by atoms with E-state index in [-0.39, 0.29) is 6.04 Å². The highest BCUT2D eigenvalue weighted by Crippen LogP contribution is 2.16. The number of hydrogen-bond acceptors (Lipinski definition) is 4. The van der Waals surface area contributed by atoms with Crippen molar-refractivity contribution in [3.05, 3.63) is 34.5 Å². The molecule has 0 amide bonds. The zero-order valence-electron chi connectivity index (χ0n) is 7.92. The third-order valence-electron chi connectivity index (χ3n) is 2.12. The van der Waals surface area contributed by atoms with Crippen molar-refractivity contribution in [2.24, 2.45) is 12.8 Å². The minimum absolute atomic E-state index is 0.0198. The fourth-order valence-electron chi connectivity index (χ4n) is 1.39. The van der Waals surface area contributed by atoms with Crippen molar-refractivity contribution >= 4 is 11.3 Å². The first kappa shape index (κ1) is 9.36. The third kappa shape index (κ3) is 1.83. The first-order chi connectivity index (χ1) is 6.77. The molecule has 2 aromatic rings. The smallest absolute Gasteiger partial charge is 0.0944 e. The highest BCUT2D eigenvalue weighted by Gasteiger charge is 2.11. The largest absolute Gasteiger partial charge is 0.322 e. The van der Waals surface area contributed by atoms with Crippen LogP contribution in [0.25, 0.3) is 0 Å². The molecular formula is C9H12N4S. The quantitative estimate of drug-likeness (QED) is 0.822. The van der Waals surface area contributed by atoms with Gasteiger partial charge in [-0.25, -0.2) is 4.98 Å². The molecule has 0 aliphatic carbocycles. The average molecular weight is 208 g/mol. The summed E-state index contributed by atoms with van der Waals surface area (Å²) in [7, 11) is 1.90. The summed E-state index contributed by atoms with van der Waals surface area (Å²) in [5.41, 5.74) is 7.08. The molecule has 1 unspecified atom stereocenters. The molecule has 2 aromatic heterocycles. The molecule has 0 saturated carbocycles. The highest BCUT2D eigenvalue weighted by molar-refractivity contribution is 7.09. The monoisotopic (exact) mass is 208 g/mol. The normalized spacial score (nSPS) is 13.0. The zero-order chi connectivity index (χ0) is 9.97. The van der Waals surface area contributed by atoms with Crippen LogP contribution in [0.15, 0.2) is 23.8 Å². The Labute approximate surface area is 86.4 Å². The number of aryl methyl sites for hydroxylation is 1. The van der Waals surface area contributed by atoms with Crippen molar-refractivity contribution in [3.8, 4) is 0 Å². The van der Waals surface area contributed by atoms with Gasteiger partial charge in [0.05, 0.1) is 16.7 Å². The first-order valence-electron chi connectivity index (χ1n) is 4.39. The molecule has 2 rings (SSSR count). The maximum Gasteiger partial charge on any atom is 0.0944 e. The Bertz CT molecular complexity index is 393. The second-order valence-corrected chi connectivity index (χ2v) is 4.10. The molecule has 0 bridgehead atoms. The van der Waals surface area contributed by atoms with Crippen LogP contribution in [-0.4, -0.2) is 14.8 Å². The molecule has 0 spiro atoms. The van der Waals surface area contributed by atoms with Crippen LogP contribution in [0.1, 0.15) is 16.7 Å². The lowest BCUT2D eigenvalue weighted by molar-refractivity contribution is 0.615. The first-order valence-corrected chi connectivity index (χ1v) is 5.27. The molecule has 2 N–H and O–H groups in total. The second kappa shape index (κ2) is 3.89. The zero-order valence-corrected chi connectivity index (χ0v) is 8.74.